The van der Waals surface area contributed by atoms with Crippen LogP contribution in [0.3, 0.4) is 0 Å². The molecule has 1 unspecified atom stereocenters. The van der Waals surface area contributed by atoms with E-state index < -0.39 is 4.92 Å². The van der Waals surface area contributed by atoms with Crippen LogP contribution in [-0.2, 0) is 0 Å². The molecule has 1 atom stereocenters. The van der Waals surface area contributed by atoms with E-state index in [0.29, 0.717) is 17.3 Å². The first kappa shape index (κ1) is 12.4. The molecule has 1 aliphatic rings. The van der Waals surface area contributed by atoms with Gasteiger partial charge in [-0.3, -0.25) is 10.1 Å². The Morgan fingerprint density at radius 1 is 1.50 bits per heavy atom. The van der Waals surface area contributed by atoms with Crippen LogP contribution in [0.1, 0.15) is 31.7 Å². The lowest BCUT2D eigenvalue weighted by atomic mass is 10.0. The molecule has 0 spiro atoms. The maximum atomic E-state index is 11.1. The summed E-state index contributed by atoms with van der Waals surface area (Å²) in [5.74, 6) is 0. The van der Waals surface area contributed by atoms with Crippen molar-refractivity contribution in [2.75, 3.05) is 11.4 Å². The van der Waals surface area contributed by atoms with Gasteiger partial charge in [0.2, 0.25) is 0 Å². The van der Waals surface area contributed by atoms with Crippen molar-refractivity contribution in [3.63, 3.8) is 0 Å². The molecular formula is C13H15N3O2. The molecule has 1 aromatic rings. The average Bonchev–Trinajstić information content (AvgIpc) is 2.38. The predicted octanol–water partition coefficient (Wildman–Crippen LogP) is 2.85. The van der Waals surface area contributed by atoms with Crippen molar-refractivity contribution in [3.8, 4) is 6.07 Å². The van der Waals surface area contributed by atoms with Crippen molar-refractivity contribution in [1.29, 1.82) is 5.26 Å². The first-order chi connectivity index (χ1) is 8.63. The summed E-state index contributed by atoms with van der Waals surface area (Å²) in [4.78, 5) is 12.8. The third-order valence-electron chi connectivity index (χ3n) is 3.41. The number of nitriles is 1. The Balaban J connectivity index is 2.43. The third-order valence-corrected chi connectivity index (χ3v) is 3.41. The van der Waals surface area contributed by atoms with Gasteiger partial charge in [0, 0.05) is 18.7 Å². The number of hydrogen-bond acceptors (Lipinski definition) is 4. The topological polar surface area (TPSA) is 70.2 Å². The molecule has 0 saturated carbocycles. The fourth-order valence-corrected chi connectivity index (χ4v) is 2.44. The molecule has 0 aliphatic carbocycles. The number of nitro groups is 1. The van der Waals surface area contributed by atoms with Gasteiger partial charge in [0.15, 0.2) is 0 Å². The molecule has 2 rings (SSSR count). The summed E-state index contributed by atoms with van der Waals surface area (Å²) in [7, 11) is 0. The zero-order chi connectivity index (χ0) is 13.1. The summed E-state index contributed by atoms with van der Waals surface area (Å²) in [6.45, 7) is 2.93. The van der Waals surface area contributed by atoms with Gasteiger partial charge in [-0.25, -0.2) is 0 Å². The van der Waals surface area contributed by atoms with Gasteiger partial charge in [-0.05, 0) is 38.3 Å². The van der Waals surface area contributed by atoms with Crippen LogP contribution < -0.4 is 4.90 Å². The number of benzene rings is 1. The third kappa shape index (κ3) is 2.28. The molecule has 5 nitrogen and oxygen atoms in total. The number of rotatable bonds is 2. The van der Waals surface area contributed by atoms with E-state index in [1.807, 2.05) is 6.07 Å². The van der Waals surface area contributed by atoms with Crippen molar-refractivity contribution in [2.45, 2.75) is 32.2 Å². The Labute approximate surface area is 106 Å². The molecule has 1 heterocycles. The molecule has 0 radical (unpaired) electrons. The minimum atomic E-state index is -0.405. The molecule has 0 N–H and O–H groups in total. The SMILES string of the molecule is CC1CCCCN1c1ccc(C#N)cc1[N+](=O)[O-]. The van der Waals surface area contributed by atoms with E-state index in [1.165, 1.54) is 12.5 Å². The molecule has 1 saturated heterocycles. The molecule has 1 fully saturated rings. The Morgan fingerprint density at radius 2 is 2.28 bits per heavy atom. The Hall–Kier alpha value is -2.09. The van der Waals surface area contributed by atoms with Crippen LogP contribution in [0, 0.1) is 21.4 Å². The summed E-state index contributed by atoms with van der Waals surface area (Å²) >= 11 is 0. The van der Waals surface area contributed by atoms with Crippen LogP contribution in [0.5, 0.6) is 0 Å². The number of nitrogens with zero attached hydrogens (tertiary/aromatic N) is 3. The zero-order valence-corrected chi connectivity index (χ0v) is 10.3. The lowest BCUT2D eigenvalue weighted by Crippen LogP contribution is -2.37. The molecule has 1 aliphatic heterocycles. The van der Waals surface area contributed by atoms with Gasteiger partial charge in [-0.15, -0.1) is 0 Å². The van der Waals surface area contributed by atoms with E-state index in [-0.39, 0.29) is 5.69 Å². The van der Waals surface area contributed by atoms with Crippen LogP contribution in [-0.4, -0.2) is 17.5 Å². The molecule has 1 aromatic carbocycles. The summed E-state index contributed by atoms with van der Waals surface area (Å²) in [6.07, 6.45) is 3.28. The second-order valence-electron chi connectivity index (χ2n) is 4.61. The van der Waals surface area contributed by atoms with Crippen molar-refractivity contribution < 1.29 is 4.92 Å². The molecule has 0 aromatic heterocycles. The van der Waals surface area contributed by atoms with Crippen molar-refractivity contribution in [2.24, 2.45) is 0 Å². The first-order valence-corrected chi connectivity index (χ1v) is 6.08. The highest BCUT2D eigenvalue weighted by Crippen LogP contribution is 2.33. The van der Waals surface area contributed by atoms with Crippen LogP contribution in [0.15, 0.2) is 18.2 Å². The van der Waals surface area contributed by atoms with Gasteiger partial charge in [-0.1, -0.05) is 0 Å². The van der Waals surface area contributed by atoms with E-state index in [1.54, 1.807) is 12.1 Å². The monoisotopic (exact) mass is 245 g/mol. The summed E-state index contributed by atoms with van der Waals surface area (Å²) in [5, 5.41) is 19.9. The maximum absolute atomic E-state index is 11.1. The number of hydrogen-bond donors (Lipinski definition) is 0. The van der Waals surface area contributed by atoms with E-state index in [0.717, 1.165) is 19.4 Å². The average molecular weight is 245 g/mol. The smallest absolute Gasteiger partial charge is 0.293 e. The fourth-order valence-electron chi connectivity index (χ4n) is 2.44. The minimum Gasteiger partial charge on any atom is -0.363 e. The second kappa shape index (κ2) is 5.05. The Kier molecular flexibility index (Phi) is 3.47. The highest BCUT2D eigenvalue weighted by molar-refractivity contribution is 5.66. The van der Waals surface area contributed by atoms with Crippen LogP contribution in [0.25, 0.3) is 0 Å². The normalized spacial score (nSPS) is 19.3. The van der Waals surface area contributed by atoms with E-state index in [9.17, 15) is 10.1 Å². The van der Waals surface area contributed by atoms with Gasteiger partial charge in [0.25, 0.3) is 5.69 Å². The molecule has 5 heteroatoms. The van der Waals surface area contributed by atoms with Crippen LogP contribution in [0.2, 0.25) is 0 Å². The number of nitro benzene ring substituents is 1. The van der Waals surface area contributed by atoms with E-state index >= 15 is 0 Å². The standard InChI is InChI=1S/C13H15N3O2/c1-10-4-2-3-7-15(10)12-6-5-11(9-14)8-13(12)16(17)18/h5-6,8,10H,2-4,7H2,1H3. The lowest BCUT2D eigenvalue weighted by molar-refractivity contribution is -0.384. The van der Waals surface area contributed by atoms with Gasteiger partial charge in [-0.2, -0.15) is 5.26 Å². The van der Waals surface area contributed by atoms with Crippen molar-refractivity contribution in [3.05, 3.63) is 33.9 Å². The highest BCUT2D eigenvalue weighted by Gasteiger charge is 2.25. The van der Waals surface area contributed by atoms with Gasteiger partial charge >= 0.3 is 0 Å². The van der Waals surface area contributed by atoms with Crippen LogP contribution in [0.4, 0.5) is 11.4 Å². The predicted molar refractivity (Wildman–Crippen MR) is 68.5 cm³/mol. The highest BCUT2D eigenvalue weighted by atomic mass is 16.6. The lowest BCUT2D eigenvalue weighted by Gasteiger charge is -2.34. The number of anilines is 1. The molecule has 94 valence electrons. The van der Waals surface area contributed by atoms with Crippen LogP contribution >= 0.6 is 0 Å². The quantitative estimate of drug-likeness (QED) is 0.593. The molecule has 18 heavy (non-hydrogen) atoms. The number of piperidine rings is 1. The first-order valence-electron chi connectivity index (χ1n) is 6.08. The molecule has 0 bridgehead atoms. The Bertz CT molecular complexity index is 507. The minimum absolute atomic E-state index is 0.0304. The Morgan fingerprint density at radius 3 is 2.89 bits per heavy atom. The maximum Gasteiger partial charge on any atom is 0.293 e. The van der Waals surface area contributed by atoms with E-state index in [4.69, 9.17) is 5.26 Å². The fraction of sp³-hybridized carbons (Fsp3) is 0.462. The zero-order valence-electron chi connectivity index (χ0n) is 10.3. The largest absolute Gasteiger partial charge is 0.363 e. The van der Waals surface area contributed by atoms with Crippen molar-refractivity contribution in [1.82, 2.24) is 0 Å². The van der Waals surface area contributed by atoms with Crippen molar-refractivity contribution >= 4 is 11.4 Å². The second-order valence-corrected chi connectivity index (χ2v) is 4.61. The molecular weight excluding hydrogens is 230 g/mol. The van der Waals surface area contributed by atoms with Gasteiger partial charge < -0.3 is 4.90 Å². The van der Waals surface area contributed by atoms with Gasteiger partial charge in [0.05, 0.1) is 16.6 Å². The summed E-state index contributed by atoms with van der Waals surface area (Å²) in [5.41, 5.74) is 0.990. The van der Waals surface area contributed by atoms with E-state index in [2.05, 4.69) is 11.8 Å². The molecule has 0 amide bonds. The van der Waals surface area contributed by atoms with Gasteiger partial charge in [0.1, 0.15) is 5.69 Å². The summed E-state index contributed by atoms with van der Waals surface area (Å²) < 4.78 is 0. The summed E-state index contributed by atoms with van der Waals surface area (Å²) in [6, 6.07) is 6.94.